The zero-order chi connectivity index (χ0) is 14.8. The minimum absolute atomic E-state index is 0.791. The number of hydrogen-bond acceptors (Lipinski definition) is 2. The van der Waals surface area contributed by atoms with E-state index in [1.165, 1.54) is 16.8 Å². The van der Waals surface area contributed by atoms with Gasteiger partial charge in [0.15, 0.2) is 6.20 Å². The van der Waals surface area contributed by atoms with Crippen LogP contribution in [0.4, 0.5) is 0 Å². The van der Waals surface area contributed by atoms with E-state index in [-0.39, 0.29) is 0 Å². The van der Waals surface area contributed by atoms with Crippen molar-refractivity contribution in [3.05, 3.63) is 66.4 Å². The fraction of sp³-hybridized carbons (Fsp3) is 0.167. The van der Waals surface area contributed by atoms with Crippen LogP contribution in [0.25, 0.3) is 22.4 Å². The molecule has 0 aliphatic carbocycles. The summed E-state index contributed by atoms with van der Waals surface area (Å²) in [7, 11) is 2.07. The van der Waals surface area contributed by atoms with E-state index in [9.17, 15) is 0 Å². The number of aromatic nitrogens is 3. The highest BCUT2D eigenvalue weighted by Crippen LogP contribution is 2.24. The molecule has 0 unspecified atom stereocenters. The molecule has 3 rings (SSSR count). The quantitative estimate of drug-likeness (QED) is 0.672. The van der Waals surface area contributed by atoms with Gasteiger partial charge < -0.3 is 0 Å². The molecule has 0 aliphatic rings. The van der Waals surface area contributed by atoms with Crippen molar-refractivity contribution in [1.82, 2.24) is 9.97 Å². The Labute approximate surface area is 125 Å². The summed E-state index contributed by atoms with van der Waals surface area (Å²) >= 11 is 0. The number of aryl methyl sites for hydroxylation is 3. The van der Waals surface area contributed by atoms with Crippen LogP contribution in [0.5, 0.6) is 0 Å². The third-order valence-electron chi connectivity index (χ3n) is 3.69. The fourth-order valence-corrected chi connectivity index (χ4v) is 2.42. The van der Waals surface area contributed by atoms with Gasteiger partial charge in [-0.2, -0.15) is 0 Å². The van der Waals surface area contributed by atoms with Gasteiger partial charge in [0.25, 0.3) is 0 Å². The maximum Gasteiger partial charge on any atom is 0.213 e. The van der Waals surface area contributed by atoms with Crippen LogP contribution in [0.3, 0.4) is 0 Å². The molecular weight excluding hydrogens is 258 g/mol. The highest BCUT2D eigenvalue weighted by atomic mass is 14.9. The summed E-state index contributed by atoms with van der Waals surface area (Å²) in [5.74, 6) is 0.791. The summed E-state index contributed by atoms with van der Waals surface area (Å²) in [5.41, 5.74) is 5.87. The molecule has 0 atom stereocenters. The largest absolute Gasteiger partial charge is 0.241 e. The number of benzene rings is 1. The lowest BCUT2D eigenvalue weighted by molar-refractivity contribution is -0.660. The van der Waals surface area contributed by atoms with Crippen LogP contribution >= 0.6 is 0 Å². The second kappa shape index (κ2) is 5.44. The van der Waals surface area contributed by atoms with Gasteiger partial charge in [-0.1, -0.05) is 18.2 Å². The standard InChI is InChI=1S/C18H18N3/c1-13-6-4-5-7-17(13)18-10-15(8-9-21(18)3)16-11-19-14(2)20-12-16/h4-12H,1-3H3/q+1. The molecule has 0 spiro atoms. The molecule has 3 nitrogen and oxygen atoms in total. The van der Waals surface area contributed by atoms with Crippen molar-refractivity contribution in [1.29, 1.82) is 0 Å². The molecule has 0 bridgehead atoms. The van der Waals surface area contributed by atoms with E-state index in [0.29, 0.717) is 0 Å². The van der Waals surface area contributed by atoms with Gasteiger partial charge in [0.05, 0.1) is 0 Å². The summed E-state index contributed by atoms with van der Waals surface area (Å²) in [5, 5.41) is 0. The lowest BCUT2D eigenvalue weighted by Gasteiger charge is -2.06. The highest BCUT2D eigenvalue weighted by molar-refractivity contribution is 5.69. The Hall–Kier alpha value is -2.55. The molecule has 0 radical (unpaired) electrons. The van der Waals surface area contributed by atoms with Crippen LogP contribution in [0.15, 0.2) is 55.0 Å². The summed E-state index contributed by atoms with van der Waals surface area (Å²) in [6, 6.07) is 12.7. The van der Waals surface area contributed by atoms with Crippen molar-refractivity contribution < 1.29 is 4.57 Å². The molecule has 0 saturated carbocycles. The average molecular weight is 276 g/mol. The number of pyridine rings is 1. The predicted molar refractivity (Wildman–Crippen MR) is 83.6 cm³/mol. The van der Waals surface area contributed by atoms with Crippen LogP contribution in [-0.4, -0.2) is 9.97 Å². The van der Waals surface area contributed by atoms with E-state index in [2.05, 4.69) is 71.1 Å². The minimum atomic E-state index is 0.791. The van der Waals surface area contributed by atoms with Gasteiger partial charge in [0.1, 0.15) is 12.9 Å². The van der Waals surface area contributed by atoms with Crippen LogP contribution in [0.1, 0.15) is 11.4 Å². The third-order valence-corrected chi connectivity index (χ3v) is 3.69. The van der Waals surface area contributed by atoms with Gasteiger partial charge >= 0.3 is 0 Å². The first-order valence-corrected chi connectivity index (χ1v) is 7.00. The lowest BCUT2D eigenvalue weighted by Crippen LogP contribution is -2.30. The molecule has 2 heterocycles. The molecule has 0 N–H and O–H groups in total. The van der Waals surface area contributed by atoms with E-state index in [4.69, 9.17) is 0 Å². The molecule has 0 amide bonds. The Morgan fingerprint density at radius 3 is 2.33 bits per heavy atom. The van der Waals surface area contributed by atoms with Gasteiger partial charge in [0.2, 0.25) is 5.69 Å². The Balaban J connectivity index is 2.13. The Bertz CT molecular complexity index is 777. The van der Waals surface area contributed by atoms with E-state index in [0.717, 1.165) is 17.0 Å². The average Bonchev–Trinajstić information content (AvgIpc) is 2.50. The molecule has 0 saturated heterocycles. The van der Waals surface area contributed by atoms with E-state index in [1.807, 2.05) is 19.3 Å². The van der Waals surface area contributed by atoms with E-state index in [1.54, 1.807) is 0 Å². The monoisotopic (exact) mass is 276 g/mol. The molecule has 3 aromatic rings. The predicted octanol–water partition coefficient (Wildman–Crippen LogP) is 3.25. The SMILES string of the molecule is Cc1ncc(-c2cc[n+](C)c(-c3ccccc3C)c2)cn1. The smallest absolute Gasteiger partial charge is 0.213 e. The van der Waals surface area contributed by atoms with Gasteiger partial charge in [0, 0.05) is 35.7 Å². The molecule has 3 heteroatoms. The summed E-state index contributed by atoms with van der Waals surface area (Å²) in [6.07, 6.45) is 5.83. The van der Waals surface area contributed by atoms with Crippen molar-refractivity contribution in [2.75, 3.05) is 0 Å². The number of hydrogen-bond donors (Lipinski definition) is 0. The van der Waals surface area contributed by atoms with Gasteiger partial charge in [-0.05, 0) is 31.0 Å². The van der Waals surface area contributed by atoms with Crippen molar-refractivity contribution in [2.45, 2.75) is 13.8 Å². The van der Waals surface area contributed by atoms with Crippen molar-refractivity contribution in [2.24, 2.45) is 7.05 Å². The van der Waals surface area contributed by atoms with Crippen LogP contribution in [0.2, 0.25) is 0 Å². The molecule has 1 aromatic carbocycles. The second-order valence-corrected chi connectivity index (χ2v) is 5.25. The Morgan fingerprint density at radius 2 is 1.62 bits per heavy atom. The van der Waals surface area contributed by atoms with Crippen molar-refractivity contribution in [3.63, 3.8) is 0 Å². The zero-order valence-corrected chi connectivity index (χ0v) is 12.5. The molecular formula is C18H18N3+. The van der Waals surface area contributed by atoms with Gasteiger partial charge in [-0.15, -0.1) is 0 Å². The summed E-state index contributed by atoms with van der Waals surface area (Å²) < 4.78 is 2.14. The fourth-order valence-electron chi connectivity index (χ4n) is 2.42. The molecule has 2 aromatic heterocycles. The summed E-state index contributed by atoms with van der Waals surface area (Å²) in [6.45, 7) is 4.03. The Morgan fingerprint density at radius 1 is 0.905 bits per heavy atom. The molecule has 0 fully saturated rings. The minimum Gasteiger partial charge on any atom is -0.241 e. The lowest BCUT2D eigenvalue weighted by atomic mass is 10.0. The first-order valence-electron chi connectivity index (χ1n) is 7.00. The van der Waals surface area contributed by atoms with E-state index < -0.39 is 0 Å². The molecule has 21 heavy (non-hydrogen) atoms. The first-order chi connectivity index (χ1) is 10.1. The Kier molecular flexibility index (Phi) is 3.48. The molecule has 104 valence electrons. The first kappa shape index (κ1) is 13.4. The van der Waals surface area contributed by atoms with Crippen molar-refractivity contribution >= 4 is 0 Å². The van der Waals surface area contributed by atoms with E-state index >= 15 is 0 Å². The third kappa shape index (κ3) is 2.68. The van der Waals surface area contributed by atoms with Crippen molar-refractivity contribution in [3.8, 4) is 22.4 Å². The number of nitrogens with zero attached hydrogens (tertiary/aromatic N) is 3. The normalized spacial score (nSPS) is 10.6. The van der Waals surface area contributed by atoms with Crippen LogP contribution < -0.4 is 4.57 Å². The maximum atomic E-state index is 4.28. The highest BCUT2D eigenvalue weighted by Gasteiger charge is 2.13. The topological polar surface area (TPSA) is 29.7 Å². The summed E-state index contributed by atoms with van der Waals surface area (Å²) in [4.78, 5) is 8.56. The van der Waals surface area contributed by atoms with Gasteiger partial charge in [-0.25, -0.2) is 14.5 Å². The maximum absolute atomic E-state index is 4.28. The second-order valence-electron chi connectivity index (χ2n) is 5.25. The zero-order valence-electron chi connectivity index (χ0n) is 12.5. The van der Waals surface area contributed by atoms with Crippen LogP contribution in [0, 0.1) is 13.8 Å². The van der Waals surface area contributed by atoms with Gasteiger partial charge in [-0.3, -0.25) is 0 Å². The van der Waals surface area contributed by atoms with Crippen LogP contribution in [-0.2, 0) is 7.05 Å². The molecule has 0 aliphatic heterocycles. The number of rotatable bonds is 2.